The van der Waals surface area contributed by atoms with E-state index in [0.717, 1.165) is 0 Å². The maximum absolute atomic E-state index is 11.8. The van der Waals surface area contributed by atoms with Crippen molar-refractivity contribution in [1.29, 1.82) is 0 Å². The first kappa shape index (κ1) is 14.8. The van der Waals surface area contributed by atoms with Gasteiger partial charge in [-0.1, -0.05) is 20.8 Å². The fourth-order valence-corrected chi connectivity index (χ4v) is 1.28. The second-order valence-electron chi connectivity index (χ2n) is 4.66. The van der Waals surface area contributed by atoms with Crippen LogP contribution < -0.4 is 10.6 Å². The Balaban J connectivity index is 4.32. The predicted octanol–water partition coefficient (Wildman–Crippen LogP) is 1.55. The highest BCUT2D eigenvalue weighted by Gasteiger charge is 2.30. The molecule has 0 aromatic heterocycles. The maximum Gasteiger partial charge on any atom is 0.315 e. The number of ketones is 1. The largest absolute Gasteiger partial charge is 0.332 e. The lowest BCUT2D eigenvalue weighted by Crippen LogP contribution is -2.52. The third kappa shape index (κ3) is 5.63. The number of rotatable bonds is 4. The van der Waals surface area contributed by atoms with Gasteiger partial charge in [0.25, 0.3) is 6.43 Å². The van der Waals surface area contributed by atoms with Crippen molar-refractivity contribution < 1.29 is 18.4 Å². The van der Waals surface area contributed by atoms with Gasteiger partial charge in [0.1, 0.15) is 0 Å². The van der Waals surface area contributed by atoms with Crippen molar-refractivity contribution in [3.8, 4) is 0 Å². The molecule has 0 saturated heterocycles. The maximum atomic E-state index is 11.8. The zero-order valence-electron chi connectivity index (χ0n) is 9.93. The van der Waals surface area contributed by atoms with Gasteiger partial charge in [-0.2, -0.15) is 0 Å². The first-order valence-electron chi connectivity index (χ1n) is 4.97. The van der Waals surface area contributed by atoms with Gasteiger partial charge >= 0.3 is 6.03 Å². The van der Waals surface area contributed by atoms with Crippen LogP contribution in [0.5, 0.6) is 0 Å². The Bertz CT molecular complexity index is 262. The number of Topliss-reactive ketones (excluding diaryl/α,β-unsaturated/α-hetero) is 1. The normalized spacial score (nSPS) is 13.4. The van der Waals surface area contributed by atoms with Crippen LogP contribution in [-0.2, 0) is 4.79 Å². The average molecular weight is 236 g/mol. The van der Waals surface area contributed by atoms with Crippen LogP contribution in [0.3, 0.4) is 0 Å². The fourth-order valence-electron chi connectivity index (χ4n) is 1.28. The lowest BCUT2D eigenvalue weighted by molar-refractivity contribution is -0.121. The fraction of sp³-hybridized carbons (Fsp3) is 0.800. The first-order chi connectivity index (χ1) is 7.14. The molecule has 0 aliphatic carbocycles. The summed E-state index contributed by atoms with van der Waals surface area (Å²) in [5, 5.41) is 4.37. The van der Waals surface area contributed by atoms with Gasteiger partial charge in [0.2, 0.25) is 0 Å². The molecule has 0 aliphatic heterocycles. The second-order valence-corrected chi connectivity index (χ2v) is 4.66. The van der Waals surface area contributed by atoms with Gasteiger partial charge in [-0.25, -0.2) is 13.6 Å². The van der Waals surface area contributed by atoms with Crippen molar-refractivity contribution >= 4 is 11.8 Å². The molecule has 0 aromatic rings. The SMILES string of the molecule is CC(=O)C(NC(=O)NCC(F)F)C(C)(C)C. The quantitative estimate of drug-likeness (QED) is 0.778. The van der Waals surface area contributed by atoms with Crippen LogP contribution in [0, 0.1) is 5.41 Å². The molecular formula is C10H18F2N2O2. The average Bonchev–Trinajstić information content (AvgIpc) is 2.08. The Labute approximate surface area is 93.8 Å². The van der Waals surface area contributed by atoms with Crippen LogP contribution in [-0.4, -0.2) is 30.8 Å². The molecule has 2 amide bonds. The molecule has 16 heavy (non-hydrogen) atoms. The van der Waals surface area contributed by atoms with Gasteiger partial charge in [0.15, 0.2) is 5.78 Å². The number of halogens is 2. The Hall–Kier alpha value is -1.20. The summed E-state index contributed by atoms with van der Waals surface area (Å²) in [7, 11) is 0. The van der Waals surface area contributed by atoms with Crippen molar-refractivity contribution in [3.63, 3.8) is 0 Å². The number of carbonyl (C=O) groups is 2. The minimum Gasteiger partial charge on any atom is -0.332 e. The highest BCUT2D eigenvalue weighted by molar-refractivity contribution is 5.87. The van der Waals surface area contributed by atoms with Crippen LogP contribution in [0.25, 0.3) is 0 Å². The highest BCUT2D eigenvalue weighted by atomic mass is 19.3. The molecule has 0 radical (unpaired) electrons. The van der Waals surface area contributed by atoms with Crippen molar-refractivity contribution in [2.24, 2.45) is 5.41 Å². The third-order valence-electron chi connectivity index (χ3n) is 1.96. The number of nitrogens with one attached hydrogen (secondary N) is 2. The molecule has 6 heteroatoms. The summed E-state index contributed by atoms with van der Waals surface area (Å²) in [5.41, 5.74) is -0.450. The minimum atomic E-state index is -2.60. The number of alkyl halides is 2. The van der Waals surface area contributed by atoms with E-state index in [4.69, 9.17) is 0 Å². The van der Waals surface area contributed by atoms with Crippen molar-refractivity contribution in [2.75, 3.05) is 6.54 Å². The lowest BCUT2D eigenvalue weighted by Gasteiger charge is -2.29. The van der Waals surface area contributed by atoms with Crippen LogP contribution >= 0.6 is 0 Å². The van der Waals surface area contributed by atoms with Gasteiger partial charge in [0, 0.05) is 0 Å². The molecule has 0 rings (SSSR count). The molecule has 0 bridgehead atoms. The number of amides is 2. The molecule has 0 saturated carbocycles. The van der Waals surface area contributed by atoms with E-state index in [2.05, 4.69) is 5.32 Å². The number of hydrogen-bond acceptors (Lipinski definition) is 2. The molecule has 94 valence electrons. The molecule has 0 aromatic carbocycles. The van der Waals surface area contributed by atoms with Crippen LogP contribution in [0.2, 0.25) is 0 Å². The van der Waals surface area contributed by atoms with E-state index >= 15 is 0 Å². The van der Waals surface area contributed by atoms with Crippen molar-refractivity contribution in [2.45, 2.75) is 40.2 Å². The third-order valence-corrected chi connectivity index (χ3v) is 1.96. The van der Waals surface area contributed by atoms with E-state index in [-0.39, 0.29) is 5.78 Å². The first-order valence-corrected chi connectivity index (χ1v) is 4.97. The Morgan fingerprint density at radius 2 is 1.75 bits per heavy atom. The summed E-state index contributed by atoms with van der Waals surface area (Å²) in [5.74, 6) is -0.209. The summed E-state index contributed by atoms with van der Waals surface area (Å²) in [4.78, 5) is 22.5. The zero-order chi connectivity index (χ0) is 12.9. The zero-order valence-corrected chi connectivity index (χ0v) is 9.93. The number of carbonyl (C=O) groups excluding carboxylic acids is 2. The predicted molar refractivity (Wildman–Crippen MR) is 56.5 cm³/mol. The molecule has 4 nitrogen and oxygen atoms in total. The topological polar surface area (TPSA) is 58.2 Å². The van der Waals surface area contributed by atoms with E-state index < -0.39 is 30.5 Å². The molecule has 1 atom stereocenters. The molecule has 0 heterocycles. The van der Waals surface area contributed by atoms with Crippen LogP contribution in [0.4, 0.5) is 13.6 Å². The van der Waals surface area contributed by atoms with E-state index in [0.29, 0.717) is 0 Å². The van der Waals surface area contributed by atoms with Gasteiger partial charge < -0.3 is 10.6 Å². The molecule has 2 N–H and O–H groups in total. The Morgan fingerprint density at radius 1 is 1.25 bits per heavy atom. The number of urea groups is 1. The molecule has 0 spiro atoms. The van der Waals surface area contributed by atoms with Gasteiger partial charge in [-0.05, 0) is 12.3 Å². The van der Waals surface area contributed by atoms with Gasteiger partial charge in [-0.3, -0.25) is 4.79 Å². The molecular weight excluding hydrogens is 218 g/mol. The van der Waals surface area contributed by atoms with Gasteiger partial charge in [0.05, 0.1) is 12.6 Å². The second kappa shape index (κ2) is 5.77. The molecule has 0 fully saturated rings. The van der Waals surface area contributed by atoms with Crippen LogP contribution in [0.15, 0.2) is 0 Å². The summed E-state index contributed by atoms with van der Waals surface area (Å²) in [6, 6.07) is -1.44. The Kier molecular flexibility index (Phi) is 5.33. The van der Waals surface area contributed by atoms with E-state index in [1.807, 2.05) is 5.32 Å². The smallest absolute Gasteiger partial charge is 0.315 e. The Morgan fingerprint density at radius 3 is 2.06 bits per heavy atom. The molecule has 1 unspecified atom stereocenters. The van der Waals surface area contributed by atoms with E-state index in [1.54, 1.807) is 20.8 Å². The summed E-state index contributed by atoms with van der Waals surface area (Å²) in [6.45, 7) is 5.98. The van der Waals surface area contributed by atoms with Crippen LogP contribution in [0.1, 0.15) is 27.7 Å². The molecule has 0 aliphatic rings. The van der Waals surface area contributed by atoms with E-state index in [1.165, 1.54) is 6.92 Å². The highest BCUT2D eigenvalue weighted by Crippen LogP contribution is 2.19. The number of hydrogen-bond donors (Lipinski definition) is 2. The summed E-state index contributed by atoms with van der Waals surface area (Å²) in [6.07, 6.45) is -2.60. The van der Waals surface area contributed by atoms with Gasteiger partial charge in [-0.15, -0.1) is 0 Å². The standard InChI is InChI=1S/C10H18F2N2O2/c1-6(15)8(10(2,3)4)14-9(16)13-5-7(11)12/h7-8H,5H2,1-4H3,(H2,13,14,16). The van der Waals surface area contributed by atoms with Crippen molar-refractivity contribution in [3.05, 3.63) is 0 Å². The van der Waals surface area contributed by atoms with E-state index in [9.17, 15) is 18.4 Å². The monoisotopic (exact) mass is 236 g/mol. The van der Waals surface area contributed by atoms with Crippen molar-refractivity contribution in [1.82, 2.24) is 10.6 Å². The summed E-state index contributed by atoms with van der Waals surface area (Å²) < 4.78 is 23.6. The minimum absolute atomic E-state index is 0.209. The lowest BCUT2D eigenvalue weighted by atomic mass is 9.84. The summed E-state index contributed by atoms with van der Waals surface area (Å²) >= 11 is 0.